The van der Waals surface area contributed by atoms with Gasteiger partial charge in [0.1, 0.15) is 0 Å². The van der Waals surface area contributed by atoms with E-state index in [1.165, 1.54) is 19.2 Å². The van der Waals surface area contributed by atoms with E-state index in [2.05, 4.69) is 16.0 Å². The number of hydrogen-bond donors (Lipinski definition) is 2. The fourth-order valence-corrected chi connectivity index (χ4v) is 2.08. The number of nitrogens with one attached hydrogen (secondary N) is 2. The predicted molar refractivity (Wildman–Crippen MR) is 81.5 cm³/mol. The average Bonchev–Trinajstić information content (AvgIpc) is 2.51. The van der Waals surface area contributed by atoms with Gasteiger partial charge in [0.2, 0.25) is 5.90 Å². The highest BCUT2D eigenvalue weighted by Crippen LogP contribution is 2.23. The summed E-state index contributed by atoms with van der Waals surface area (Å²) in [6.07, 6.45) is -3.92. The quantitative estimate of drug-likeness (QED) is 0.882. The molecule has 1 amide bonds. The number of alkyl halides is 3. The minimum absolute atomic E-state index is 0.157. The molecule has 2 rings (SSSR count). The van der Waals surface area contributed by atoms with Gasteiger partial charge in [0.25, 0.3) is 5.91 Å². The lowest BCUT2D eigenvalue weighted by atomic mass is 10.0. The van der Waals surface area contributed by atoms with E-state index in [4.69, 9.17) is 4.74 Å². The number of halogens is 3. The summed E-state index contributed by atoms with van der Waals surface area (Å²) in [5.41, 5.74) is 6.38. The minimum Gasteiger partial charge on any atom is -0.480 e. The van der Waals surface area contributed by atoms with Gasteiger partial charge < -0.3 is 4.74 Å². The second-order valence-corrected chi connectivity index (χ2v) is 5.11. The number of hydrazone groups is 1. The van der Waals surface area contributed by atoms with Gasteiger partial charge in [-0.15, -0.1) is 5.23 Å². The summed E-state index contributed by atoms with van der Waals surface area (Å²) in [7, 11) is 1.43. The second-order valence-electron chi connectivity index (χ2n) is 5.11. The lowest BCUT2D eigenvalue weighted by molar-refractivity contribution is -0.134. The molecule has 0 unspecified atom stereocenters. The van der Waals surface area contributed by atoms with Crippen LogP contribution in [0.4, 0.5) is 13.2 Å². The highest BCUT2D eigenvalue weighted by atomic mass is 19.4. The molecule has 1 aromatic rings. The van der Waals surface area contributed by atoms with Crippen LogP contribution in [-0.4, -0.2) is 30.3 Å². The Morgan fingerprint density at radius 3 is 2.75 bits per heavy atom. The summed E-state index contributed by atoms with van der Waals surface area (Å²) < 4.78 is 42.2. The molecule has 0 atom stereocenters. The van der Waals surface area contributed by atoms with Crippen LogP contribution < -0.4 is 10.9 Å². The maximum atomic E-state index is 12.4. The summed E-state index contributed by atoms with van der Waals surface area (Å²) in [4.78, 5) is 12.4. The van der Waals surface area contributed by atoms with Crippen LogP contribution in [0.1, 0.15) is 29.3 Å². The zero-order valence-corrected chi connectivity index (χ0v) is 13.1. The van der Waals surface area contributed by atoms with Gasteiger partial charge in [0.05, 0.1) is 7.11 Å². The van der Waals surface area contributed by atoms with E-state index in [0.717, 1.165) is 5.23 Å². The van der Waals surface area contributed by atoms with Crippen molar-refractivity contribution in [3.8, 4) is 0 Å². The van der Waals surface area contributed by atoms with Crippen LogP contribution in [0.15, 0.2) is 41.1 Å². The molecule has 1 heterocycles. The van der Waals surface area contributed by atoms with Gasteiger partial charge in [-0.25, -0.2) is 5.43 Å². The summed E-state index contributed by atoms with van der Waals surface area (Å²) >= 11 is 0. The monoisotopic (exact) mass is 342 g/mol. The van der Waals surface area contributed by atoms with Crippen molar-refractivity contribution < 1.29 is 22.7 Å². The maximum Gasteiger partial charge on any atom is 0.389 e. The number of hydrogen-bond acceptors (Lipinski definition) is 5. The van der Waals surface area contributed by atoms with E-state index >= 15 is 0 Å². The summed E-state index contributed by atoms with van der Waals surface area (Å²) in [5, 5.41) is 5.01. The molecule has 24 heavy (non-hydrogen) atoms. The Morgan fingerprint density at radius 1 is 1.38 bits per heavy atom. The molecule has 0 spiro atoms. The lowest BCUT2D eigenvalue weighted by Gasteiger charge is -2.25. The molecule has 6 nitrogen and oxygen atoms in total. The van der Waals surface area contributed by atoms with Gasteiger partial charge in [-0.3, -0.25) is 10.2 Å². The Kier molecular flexibility index (Phi) is 5.32. The average molecular weight is 342 g/mol. The first-order valence-corrected chi connectivity index (χ1v) is 7.12. The van der Waals surface area contributed by atoms with Gasteiger partial charge in [-0.1, -0.05) is 23.3 Å². The Balaban J connectivity index is 2.10. The summed E-state index contributed by atoms with van der Waals surface area (Å²) in [5.74, 6) is -0.300. The topological polar surface area (TPSA) is 66.0 Å². The zero-order valence-electron chi connectivity index (χ0n) is 13.1. The lowest BCUT2D eigenvalue weighted by Crippen LogP contribution is -2.49. The Bertz CT molecular complexity index is 671. The molecule has 0 fully saturated rings. The molecule has 0 aliphatic carbocycles. The van der Waals surface area contributed by atoms with Crippen LogP contribution >= 0.6 is 0 Å². The number of ether oxygens (including phenoxy) is 1. The number of aryl methyl sites for hydroxylation is 1. The fourth-order valence-electron chi connectivity index (χ4n) is 2.08. The number of amides is 1. The second kappa shape index (κ2) is 7.24. The third-order valence-corrected chi connectivity index (χ3v) is 3.18. The molecule has 1 aliphatic rings. The van der Waals surface area contributed by atoms with Crippen LogP contribution in [0, 0.1) is 0 Å². The number of rotatable bonds is 4. The van der Waals surface area contributed by atoms with Crippen LogP contribution in [0.5, 0.6) is 0 Å². The first kappa shape index (κ1) is 17.6. The van der Waals surface area contributed by atoms with Gasteiger partial charge in [0, 0.05) is 23.8 Å². The molecule has 0 saturated heterocycles. The van der Waals surface area contributed by atoms with Gasteiger partial charge >= 0.3 is 6.18 Å². The first-order chi connectivity index (χ1) is 11.3. The van der Waals surface area contributed by atoms with E-state index in [-0.39, 0.29) is 17.9 Å². The fraction of sp³-hybridized carbons (Fsp3) is 0.333. The molecular formula is C15H17F3N4O2. The van der Waals surface area contributed by atoms with Crippen molar-refractivity contribution >= 4 is 11.8 Å². The van der Waals surface area contributed by atoms with E-state index < -0.39 is 18.5 Å². The Morgan fingerprint density at radius 2 is 2.08 bits per heavy atom. The van der Waals surface area contributed by atoms with Gasteiger partial charge in [-0.2, -0.15) is 13.2 Å². The molecule has 2 N–H and O–H groups in total. The molecule has 1 aliphatic heterocycles. The zero-order chi connectivity index (χ0) is 17.7. The third-order valence-electron chi connectivity index (χ3n) is 3.18. The number of carbonyl (C=O) groups excluding carboxylic acids is 1. The SMILES string of the molecule is COC1=NN(NC(=O)c2ccccc2CCC(F)(F)F)NC(C)=C1. The number of hydrazine groups is 2. The number of methoxy groups -OCH3 is 1. The van der Waals surface area contributed by atoms with Crippen molar-refractivity contribution in [1.82, 2.24) is 16.1 Å². The number of nitrogens with zero attached hydrogens (tertiary/aromatic N) is 2. The molecule has 0 bridgehead atoms. The van der Waals surface area contributed by atoms with Crippen LogP contribution in [0.3, 0.4) is 0 Å². The van der Waals surface area contributed by atoms with Crippen LogP contribution in [0.25, 0.3) is 0 Å². The van der Waals surface area contributed by atoms with E-state index in [0.29, 0.717) is 11.3 Å². The Hall–Kier alpha value is -2.71. The van der Waals surface area contributed by atoms with Crippen molar-refractivity contribution in [3.63, 3.8) is 0 Å². The van der Waals surface area contributed by atoms with Gasteiger partial charge in [-0.05, 0) is 25.0 Å². The van der Waals surface area contributed by atoms with E-state index in [9.17, 15) is 18.0 Å². The third kappa shape index (κ3) is 4.90. The molecular weight excluding hydrogens is 325 g/mol. The largest absolute Gasteiger partial charge is 0.480 e. The van der Waals surface area contributed by atoms with Crippen molar-refractivity contribution in [2.24, 2.45) is 5.10 Å². The predicted octanol–water partition coefficient (Wildman–Crippen LogP) is 2.51. The van der Waals surface area contributed by atoms with Crippen molar-refractivity contribution in [3.05, 3.63) is 47.2 Å². The highest BCUT2D eigenvalue weighted by Gasteiger charge is 2.27. The minimum atomic E-state index is -4.28. The number of allylic oxidation sites excluding steroid dienone is 1. The van der Waals surface area contributed by atoms with Gasteiger partial charge in [0.15, 0.2) is 0 Å². The van der Waals surface area contributed by atoms with Crippen molar-refractivity contribution in [2.75, 3.05) is 7.11 Å². The van der Waals surface area contributed by atoms with Crippen LogP contribution in [0.2, 0.25) is 0 Å². The molecule has 130 valence electrons. The number of benzene rings is 1. The summed E-state index contributed by atoms with van der Waals surface area (Å²) in [6, 6.07) is 6.15. The number of carbonyl (C=O) groups is 1. The summed E-state index contributed by atoms with van der Waals surface area (Å²) in [6.45, 7) is 1.74. The van der Waals surface area contributed by atoms with E-state index in [1.54, 1.807) is 25.1 Å². The molecule has 9 heteroatoms. The Labute approximate surface area is 136 Å². The standard InChI is InChI=1S/C15H17F3N4O2/c1-10-9-13(24-2)20-22(19-10)21-14(23)12-6-4-3-5-11(12)7-8-15(16,17)18/h3-6,9,19H,7-8H2,1-2H3,(H,21,23). The molecule has 1 aromatic carbocycles. The van der Waals surface area contributed by atoms with E-state index in [1.807, 2.05) is 0 Å². The van der Waals surface area contributed by atoms with Crippen molar-refractivity contribution in [1.29, 1.82) is 0 Å². The molecule has 0 saturated carbocycles. The smallest absolute Gasteiger partial charge is 0.389 e. The highest BCUT2D eigenvalue weighted by molar-refractivity contribution is 5.95. The van der Waals surface area contributed by atoms with Crippen molar-refractivity contribution in [2.45, 2.75) is 25.9 Å². The molecule has 0 aromatic heterocycles. The normalized spacial score (nSPS) is 14.5. The van der Waals surface area contributed by atoms with Crippen LogP contribution in [-0.2, 0) is 11.2 Å². The molecule has 0 radical (unpaired) electrons. The maximum absolute atomic E-state index is 12.4. The first-order valence-electron chi connectivity index (χ1n) is 7.12.